The zero-order valence-corrected chi connectivity index (χ0v) is 14.8. The summed E-state index contributed by atoms with van der Waals surface area (Å²) in [5.74, 6) is -14.5. The number of rotatable bonds is 5. The van der Waals surface area contributed by atoms with E-state index in [2.05, 4.69) is 4.74 Å². The summed E-state index contributed by atoms with van der Waals surface area (Å²) in [4.78, 5) is -3.49. The van der Waals surface area contributed by atoms with Crippen LogP contribution in [0.1, 0.15) is 0 Å². The molecule has 2 rings (SSSR count). The van der Waals surface area contributed by atoms with E-state index in [0.717, 1.165) is 4.13 Å². The lowest BCUT2D eigenvalue weighted by Crippen LogP contribution is -2.32. The third-order valence-corrected chi connectivity index (χ3v) is 6.57. The second-order valence-corrected chi connectivity index (χ2v) is 8.57. The number of alkyl halides is 3. The summed E-state index contributed by atoms with van der Waals surface area (Å²) in [6, 6.07) is 1.79. The number of hydrogen-bond donors (Lipinski definition) is 1. The van der Waals surface area contributed by atoms with Crippen molar-refractivity contribution >= 4 is 20.0 Å². The number of benzene rings is 2. The Morgan fingerprint density at radius 2 is 1.10 bits per heavy atom. The van der Waals surface area contributed by atoms with Crippen LogP contribution in [0.25, 0.3) is 0 Å². The molecule has 0 spiro atoms. The molecule has 0 heterocycles. The van der Waals surface area contributed by atoms with E-state index in [4.69, 9.17) is 0 Å². The summed E-state index contributed by atoms with van der Waals surface area (Å²) in [6.45, 7) is 0. The normalized spacial score (nSPS) is 12.8. The van der Waals surface area contributed by atoms with Gasteiger partial charge in [-0.15, -0.1) is 17.3 Å². The molecule has 160 valence electrons. The van der Waals surface area contributed by atoms with E-state index >= 15 is 0 Å². The van der Waals surface area contributed by atoms with Crippen LogP contribution in [-0.2, 0) is 20.0 Å². The molecule has 1 N–H and O–H groups in total. The molecule has 0 aliphatic heterocycles. The molecule has 0 amide bonds. The summed E-state index contributed by atoms with van der Waals surface area (Å²) in [7, 11) is -11.1. The average Bonchev–Trinajstić information content (AvgIpc) is 2.56. The minimum Gasteiger partial charge on any atom is -0.406 e. The predicted molar refractivity (Wildman–Crippen MR) is 76.9 cm³/mol. The molecule has 29 heavy (non-hydrogen) atoms. The van der Waals surface area contributed by atoms with Gasteiger partial charge in [0.25, 0.3) is 20.0 Å². The van der Waals surface area contributed by atoms with Crippen molar-refractivity contribution in [3.05, 3.63) is 53.4 Å². The number of hydrogen-bond acceptors (Lipinski definition) is 5. The van der Waals surface area contributed by atoms with Gasteiger partial charge in [-0.2, -0.15) is 0 Å². The zero-order valence-electron chi connectivity index (χ0n) is 13.2. The highest BCUT2D eigenvalue weighted by molar-refractivity contribution is 8.04. The smallest absolute Gasteiger partial charge is 0.406 e. The molecule has 0 fully saturated rings. The monoisotopic (exact) mass is 471 g/mol. The Kier molecular flexibility index (Phi) is 5.84. The molecule has 0 unspecified atom stereocenters. The SMILES string of the molecule is O=S(=O)(NS(=O)(=O)c1c(F)c(F)c(F)c(F)c1F)c1ccc(OC(F)(F)F)cc1. The quantitative estimate of drug-likeness (QED) is 0.412. The first kappa shape index (κ1) is 22.8. The second kappa shape index (κ2) is 7.42. The van der Waals surface area contributed by atoms with E-state index in [1.807, 2.05) is 0 Å². The van der Waals surface area contributed by atoms with Crippen molar-refractivity contribution in [3.8, 4) is 5.75 Å². The van der Waals surface area contributed by atoms with Gasteiger partial charge in [-0.05, 0) is 24.3 Å². The highest BCUT2D eigenvalue weighted by Gasteiger charge is 2.36. The Labute approximate surface area is 156 Å². The third kappa shape index (κ3) is 4.76. The van der Waals surface area contributed by atoms with Crippen LogP contribution in [0.2, 0.25) is 0 Å². The van der Waals surface area contributed by atoms with Gasteiger partial charge in [-0.3, -0.25) is 0 Å². The van der Waals surface area contributed by atoms with Crippen molar-refractivity contribution in [2.24, 2.45) is 0 Å². The average molecular weight is 471 g/mol. The first-order valence-corrected chi connectivity index (χ1v) is 9.69. The third-order valence-electron chi connectivity index (χ3n) is 3.03. The van der Waals surface area contributed by atoms with Crippen LogP contribution in [0.5, 0.6) is 5.75 Å². The van der Waals surface area contributed by atoms with Gasteiger partial charge < -0.3 is 4.74 Å². The van der Waals surface area contributed by atoms with E-state index in [1.165, 1.54) is 0 Å². The number of halogens is 8. The van der Waals surface area contributed by atoms with Gasteiger partial charge in [0.2, 0.25) is 5.82 Å². The fourth-order valence-corrected chi connectivity index (χ4v) is 4.89. The van der Waals surface area contributed by atoms with Crippen LogP contribution < -0.4 is 8.86 Å². The first-order valence-electron chi connectivity index (χ1n) is 6.72. The van der Waals surface area contributed by atoms with Crippen LogP contribution in [-0.4, -0.2) is 23.2 Å². The fourth-order valence-electron chi connectivity index (χ4n) is 1.88. The summed E-state index contributed by atoms with van der Waals surface area (Å²) in [5.41, 5.74) is 0. The van der Waals surface area contributed by atoms with Gasteiger partial charge in [0.05, 0.1) is 4.90 Å². The largest absolute Gasteiger partial charge is 0.573 e. The van der Waals surface area contributed by atoms with Crippen LogP contribution in [0, 0.1) is 29.1 Å². The summed E-state index contributed by atoms with van der Waals surface area (Å²) in [5, 5.41) is 0. The predicted octanol–water partition coefficient (Wildman–Crippen LogP) is 2.95. The molecule has 0 aliphatic carbocycles. The molecule has 2 aromatic rings. The Morgan fingerprint density at radius 1 is 0.690 bits per heavy atom. The lowest BCUT2D eigenvalue weighted by Gasteiger charge is -2.12. The van der Waals surface area contributed by atoms with Gasteiger partial charge in [-0.1, -0.05) is 0 Å². The minimum absolute atomic E-state index is 0.428. The highest BCUT2D eigenvalue weighted by atomic mass is 32.3. The molecule has 0 saturated heterocycles. The molecule has 16 heteroatoms. The molecular formula is C13H5F8NO5S2. The van der Waals surface area contributed by atoms with Crippen LogP contribution in [0.15, 0.2) is 34.1 Å². The Morgan fingerprint density at radius 3 is 1.52 bits per heavy atom. The maximum absolute atomic E-state index is 13.6. The van der Waals surface area contributed by atoms with Crippen molar-refractivity contribution in [2.45, 2.75) is 16.2 Å². The molecule has 6 nitrogen and oxygen atoms in total. The summed E-state index contributed by atoms with van der Waals surface area (Å²) in [6.07, 6.45) is -5.12. The number of sulfonamides is 2. The van der Waals surface area contributed by atoms with Gasteiger partial charge in [0.15, 0.2) is 28.2 Å². The maximum Gasteiger partial charge on any atom is 0.573 e. The van der Waals surface area contributed by atoms with Gasteiger partial charge in [0, 0.05) is 0 Å². The highest BCUT2D eigenvalue weighted by Crippen LogP contribution is 2.28. The fraction of sp³-hybridized carbons (Fsp3) is 0.0769. The molecular weight excluding hydrogens is 466 g/mol. The molecule has 0 atom stereocenters. The first-order chi connectivity index (χ1) is 13.1. The van der Waals surface area contributed by atoms with Crippen molar-refractivity contribution < 1.29 is 56.7 Å². The van der Waals surface area contributed by atoms with E-state index in [9.17, 15) is 52.0 Å². The summed E-state index contributed by atoms with van der Waals surface area (Å²) < 4.78 is 155. The van der Waals surface area contributed by atoms with E-state index in [-0.39, 0.29) is 0 Å². The van der Waals surface area contributed by atoms with Gasteiger partial charge in [-0.25, -0.2) is 38.8 Å². The van der Waals surface area contributed by atoms with Crippen LogP contribution in [0.3, 0.4) is 0 Å². The Balaban J connectivity index is 2.45. The number of ether oxygens (including phenoxy) is 1. The maximum atomic E-state index is 13.6. The van der Waals surface area contributed by atoms with Crippen molar-refractivity contribution in [1.82, 2.24) is 4.13 Å². The molecule has 0 saturated carbocycles. The Bertz CT molecular complexity index is 1130. The van der Waals surface area contributed by atoms with Crippen molar-refractivity contribution in [1.29, 1.82) is 0 Å². The van der Waals surface area contributed by atoms with Crippen molar-refractivity contribution in [2.75, 3.05) is 0 Å². The van der Waals surface area contributed by atoms with E-state index in [1.54, 1.807) is 0 Å². The van der Waals surface area contributed by atoms with Gasteiger partial charge in [0.1, 0.15) is 5.75 Å². The molecule has 0 aromatic heterocycles. The molecule has 0 aliphatic rings. The number of nitrogens with one attached hydrogen (secondary N) is 1. The molecule has 0 bridgehead atoms. The second-order valence-electron chi connectivity index (χ2n) is 5.01. The lowest BCUT2D eigenvalue weighted by atomic mass is 10.3. The Hall–Kier alpha value is -2.46. The lowest BCUT2D eigenvalue weighted by molar-refractivity contribution is -0.274. The molecule has 2 aromatic carbocycles. The van der Waals surface area contributed by atoms with E-state index < -0.39 is 71.0 Å². The van der Waals surface area contributed by atoms with Crippen LogP contribution >= 0.6 is 0 Å². The molecule has 0 radical (unpaired) electrons. The standard InChI is InChI=1S/C13H5F8NO5S2/c14-7-8(15)10(17)12(11(18)9(7)16)29(25,26)22-28(23,24)6-3-1-5(2-4-6)27-13(19,20)21/h1-4,22H. The van der Waals surface area contributed by atoms with Crippen LogP contribution in [0.4, 0.5) is 35.1 Å². The zero-order chi connectivity index (χ0) is 22.4. The summed E-state index contributed by atoms with van der Waals surface area (Å²) >= 11 is 0. The van der Waals surface area contributed by atoms with Gasteiger partial charge >= 0.3 is 6.36 Å². The van der Waals surface area contributed by atoms with E-state index in [0.29, 0.717) is 24.3 Å². The minimum atomic E-state index is -5.87. The van der Waals surface area contributed by atoms with Crippen molar-refractivity contribution in [3.63, 3.8) is 0 Å². The topological polar surface area (TPSA) is 89.5 Å².